The van der Waals surface area contributed by atoms with Crippen molar-refractivity contribution in [2.45, 2.75) is 72.1 Å². The van der Waals surface area contributed by atoms with Crippen molar-refractivity contribution in [3.05, 3.63) is 23.5 Å². The molecule has 20 heavy (non-hydrogen) atoms. The van der Waals surface area contributed by atoms with Gasteiger partial charge in [-0.25, -0.2) is 14.5 Å². The molecule has 0 aliphatic heterocycles. The number of imidazole rings is 1. The molecule has 0 spiro atoms. The summed E-state index contributed by atoms with van der Waals surface area (Å²) in [6, 6.07) is 0. The van der Waals surface area contributed by atoms with E-state index in [0.717, 1.165) is 22.7 Å². The maximum absolute atomic E-state index is 4.89. The van der Waals surface area contributed by atoms with Gasteiger partial charge in [-0.1, -0.05) is 55.4 Å². The van der Waals surface area contributed by atoms with Crippen molar-refractivity contribution >= 4 is 5.52 Å². The lowest BCUT2D eigenvalue weighted by molar-refractivity contribution is 0.521. The lowest BCUT2D eigenvalue weighted by atomic mass is 9.90. The van der Waals surface area contributed by atoms with Gasteiger partial charge in [-0.05, 0) is 5.92 Å². The van der Waals surface area contributed by atoms with Crippen molar-refractivity contribution in [2.75, 3.05) is 0 Å². The summed E-state index contributed by atoms with van der Waals surface area (Å²) in [7, 11) is 0. The molecule has 0 amide bonds. The maximum Gasteiger partial charge on any atom is 0.136 e. The summed E-state index contributed by atoms with van der Waals surface area (Å²) >= 11 is 0. The van der Waals surface area contributed by atoms with Crippen molar-refractivity contribution < 1.29 is 0 Å². The highest BCUT2D eigenvalue weighted by atomic mass is 15.3. The van der Waals surface area contributed by atoms with Crippen LogP contribution in [0.15, 0.2) is 6.33 Å². The van der Waals surface area contributed by atoms with Gasteiger partial charge in [0.1, 0.15) is 17.7 Å². The van der Waals surface area contributed by atoms with Gasteiger partial charge in [0.15, 0.2) is 0 Å². The second-order valence-corrected chi connectivity index (χ2v) is 7.84. The molecule has 2 rings (SSSR count). The predicted octanol–water partition coefficient (Wildman–Crippen LogP) is 3.84. The van der Waals surface area contributed by atoms with Crippen LogP contribution in [0.5, 0.6) is 0 Å². The molecule has 2 heterocycles. The summed E-state index contributed by atoms with van der Waals surface area (Å²) in [4.78, 5) is 9.44. The molecule has 0 aliphatic carbocycles. The lowest BCUT2D eigenvalue weighted by Crippen LogP contribution is -2.20. The van der Waals surface area contributed by atoms with E-state index in [9.17, 15) is 0 Å². The predicted molar refractivity (Wildman–Crippen MR) is 82.3 cm³/mol. The van der Waals surface area contributed by atoms with Crippen molar-refractivity contribution in [3.8, 4) is 0 Å². The highest BCUT2D eigenvalue weighted by molar-refractivity contribution is 5.60. The van der Waals surface area contributed by atoms with Gasteiger partial charge in [0.2, 0.25) is 0 Å². The summed E-state index contributed by atoms with van der Waals surface area (Å²) in [5.41, 5.74) is 3.18. The number of aromatic nitrogens is 4. The Morgan fingerprint density at radius 2 is 1.60 bits per heavy atom. The van der Waals surface area contributed by atoms with Crippen LogP contribution in [0.3, 0.4) is 0 Å². The zero-order valence-corrected chi connectivity index (χ0v) is 13.9. The Morgan fingerprint density at radius 3 is 2.05 bits per heavy atom. The van der Waals surface area contributed by atoms with E-state index in [1.54, 1.807) is 6.33 Å². The van der Waals surface area contributed by atoms with Gasteiger partial charge in [-0.2, -0.15) is 5.10 Å². The summed E-state index contributed by atoms with van der Waals surface area (Å²) in [6.07, 6.45) is 1.65. The van der Waals surface area contributed by atoms with Crippen LogP contribution in [0, 0.1) is 0 Å². The van der Waals surface area contributed by atoms with E-state index in [1.807, 2.05) is 4.52 Å². The second-order valence-electron chi connectivity index (χ2n) is 7.84. The van der Waals surface area contributed by atoms with Crippen LogP contribution < -0.4 is 0 Å². The van der Waals surface area contributed by atoms with E-state index in [2.05, 4.69) is 65.5 Å². The van der Waals surface area contributed by atoms with Gasteiger partial charge in [0, 0.05) is 10.8 Å². The molecule has 0 atom stereocenters. The van der Waals surface area contributed by atoms with Crippen molar-refractivity contribution in [1.82, 2.24) is 19.6 Å². The second kappa shape index (κ2) is 4.54. The third-order valence-corrected chi connectivity index (χ3v) is 3.39. The highest BCUT2D eigenvalue weighted by Gasteiger charge is 2.29. The Labute approximate surface area is 121 Å². The van der Waals surface area contributed by atoms with Crippen molar-refractivity contribution in [2.24, 2.45) is 0 Å². The van der Waals surface area contributed by atoms with Crippen LogP contribution in [-0.2, 0) is 10.8 Å². The SMILES string of the molecule is CC(C)c1nc(C(C)(C)C)n2ncnc(C(C)(C)C)c12. The van der Waals surface area contributed by atoms with Gasteiger partial charge >= 0.3 is 0 Å². The van der Waals surface area contributed by atoms with E-state index in [4.69, 9.17) is 4.98 Å². The van der Waals surface area contributed by atoms with Crippen LogP contribution in [0.25, 0.3) is 5.52 Å². The molecule has 0 unspecified atom stereocenters. The summed E-state index contributed by atoms with van der Waals surface area (Å²) < 4.78 is 1.99. The molecule has 2 aromatic rings. The lowest BCUT2D eigenvalue weighted by Gasteiger charge is -2.20. The third kappa shape index (κ3) is 2.43. The fourth-order valence-corrected chi connectivity index (χ4v) is 2.40. The van der Waals surface area contributed by atoms with Crippen LogP contribution >= 0.6 is 0 Å². The van der Waals surface area contributed by atoms with E-state index < -0.39 is 0 Å². The van der Waals surface area contributed by atoms with Crippen molar-refractivity contribution in [1.29, 1.82) is 0 Å². The van der Waals surface area contributed by atoms with E-state index in [0.29, 0.717) is 5.92 Å². The molecular formula is C16H26N4. The molecule has 4 nitrogen and oxygen atoms in total. The molecule has 0 N–H and O–H groups in total. The minimum Gasteiger partial charge on any atom is -0.237 e. The normalized spacial score (nSPS) is 13.4. The molecule has 4 heteroatoms. The molecule has 0 radical (unpaired) electrons. The minimum atomic E-state index is -0.0421. The number of nitrogens with zero attached hydrogens (tertiary/aromatic N) is 4. The quantitative estimate of drug-likeness (QED) is 0.793. The maximum atomic E-state index is 4.89. The summed E-state index contributed by atoms with van der Waals surface area (Å²) in [5.74, 6) is 1.36. The first-order chi connectivity index (χ1) is 9.03. The Bertz CT molecular complexity index is 624. The van der Waals surface area contributed by atoms with Gasteiger partial charge < -0.3 is 0 Å². The number of hydrogen-bond acceptors (Lipinski definition) is 3. The zero-order valence-electron chi connectivity index (χ0n) is 13.9. The molecule has 0 saturated heterocycles. The Morgan fingerprint density at radius 1 is 1.00 bits per heavy atom. The van der Waals surface area contributed by atoms with Gasteiger partial charge in [-0.3, -0.25) is 0 Å². The standard InChI is InChI=1S/C16H26N4/c1-10(2)11-12-13(15(3,4)5)17-9-18-20(12)14(19-11)16(6,7)8/h9-10H,1-8H3. The van der Waals surface area contributed by atoms with E-state index >= 15 is 0 Å². The van der Waals surface area contributed by atoms with Crippen molar-refractivity contribution in [3.63, 3.8) is 0 Å². The molecule has 0 aliphatic rings. The first-order valence-corrected chi connectivity index (χ1v) is 7.28. The minimum absolute atomic E-state index is 0.0248. The monoisotopic (exact) mass is 274 g/mol. The molecular weight excluding hydrogens is 248 g/mol. The van der Waals surface area contributed by atoms with Gasteiger partial charge in [-0.15, -0.1) is 0 Å². The summed E-state index contributed by atoms with van der Waals surface area (Å²) in [6.45, 7) is 17.4. The fourth-order valence-electron chi connectivity index (χ4n) is 2.40. The first-order valence-electron chi connectivity index (χ1n) is 7.28. The fraction of sp³-hybridized carbons (Fsp3) is 0.688. The molecule has 0 bridgehead atoms. The smallest absolute Gasteiger partial charge is 0.136 e. The first kappa shape index (κ1) is 14.9. The van der Waals surface area contributed by atoms with E-state index in [1.165, 1.54) is 0 Å². The molecule has 0 saturated carbocycles. The highest BCUT2D eigenvalue weighted by Crippen LogP contribution is 2.32. The van der Waals surface area contributed by atoms with Crippen LogP contribution in [0.2, 0.25) is 0 Å². The molecule has 110 valence electrons. The Balaban J connectivity index is 2.91. The van der Waals surface area contributed by atoms with Crippen LogP contribution in [0.4, 0.5) is 0 Å². The van der Waals surface area contributed by atoms with Crippen LogP contribution in [-0.4, -0.2) is 19.6 Å². The Hall–Kier alpha value is -1.45. The number of fused-ring (bicyclic) bond motifs is 1. The van der Waals surface area contributed by atoms with Gasteiger partial charge in [0.05, 0.1) is 11.4 Å². The molecule has 2 aromatic heterocycles. The number of rotatable bonds is 1. The Kier molecular flexibility index (Phi) is 3.39. The number of hydrogen-bond donors (Lipinski definition) is 0. The largest absolute Gasteiger partial charge is 0.237 e. The topological polar surface area (TPSA) is 43.1 Å². The average molecular weight is 274 g/mol. The van der Waals surface area contributed by atoms with E-state index in [-0.39, 0.29) is 10.8 Å². The zero-order chi connectivity index (χ0) is 15.3. The van der Waals surface area contributed by atoms with Gasteiger partial charge in [0.25, 0.3) is 0 Å². The average Bonchev–Trinajstić information content (AvgIpc) is 2.65. The molecule has 0 aromatic carbocycles. The summed E-state index contributed by atoms with van der Waals surface area (Å²) in [5, 5.41) is 4.47. The third-order valence-electron chi connectivity index (χ3n) is 3.39. The molecule has 0 fully saturated rings. The van der Waals surface area contributed by atoms with Crippen LogP contribution in [0.1, 0.15) is 78.5 Å².